The van der Waals surface area contributed by atoms with Gasteiger partial charge in [-0.05, 0) is 56.2 Å². The Kier molecular flexibility index (Phi) is 5.88. The van der Waals surface area contributed by atoms with Crippen LogP contribution >= 0.6 is 0 Å². The highest BCUT2D eigenvalue weighted by molar-refractivity contribution is 7.88. The Morgan fingerprint density at radius 1 is 1.10 bits per heavy atom. The van der Waals surface area contributed by atoms with Crippen molar-refractivity contribution < 1.29 is 17.6 Å². The maximum absolute atomic E-state index is 12.6. The first-order chi connectivity index (χ1) is 14.8. The SMILES string of the molecule is Cc1cccc(-c2nnc(-c3ccc(C(=O)NC4CCCN(S(C)(=O)=O)C4)cc3)o2)c1. The number of rotatable bonds is 5. The summed E-state index contributed by atoms with van der Waals surface area (Å²) in [5.41, 5.74) is 3.15. The second-order valence-corrected chi connectivity index (χ2v) is 9.78. The van der Waals surface area contributed by atoms with E-state index in [0.717, 1.165) is 24.0 Å². The summed E-state index contributed by atoms with van der Waals surface area (Å²) in [6.07, 6.45) is 2.66. The summed E-state index contributed by atoms with van der Waals surface area (Å²) in [4.78, 5) is 12.6. The number of aryl methyl sites for hydroxylation is 1. The van der Waals surface area contributed by atoms with Crippen molar-refractivity contribution >= 4 is 15.9 Å². The number of aromatic nitrogens is 2. The number of piperidine rings is 1. The van der Waals surface area contributed by atoms with Gasteiger partial charge >= 0.3 is 0 Å². The van der Waals surface area contributed by atoms with Crippen LogP contribution in [0.2, 0.25) is 0 Å². The second kappa shape index (κ2) is 8.60. The minimum absolute atomic E-state index is 0.205. The summed E-state index contributed by atoms with van der Waals surface area (Å²) in [5.74, 6) is 0.575. The molecule has 1 aliphatic heterocycles. The number of carbonyl (C=O) groups is 1. The second-order valence-electron chi connectivity index (χ2n) is 7.79. The third-order valence-electron chi connectivity index (χ3n) is 5.27. The Hall–Kier alpha value is -3.04. The van der Waals surface area contributed by atoms with Crippen molar-refractivity contribution in [2.24, 2.45) is 0 Å². The molecule has 1 atom stereocenters. The van der Waals surface area contributed by atoms with Crippen molar-refractivity contribution in [2.45, 2.75) is 25.8 Å². The number of carbonyl (C=O) groups excluding carboxylic acids is 1. The van der Waals surface area contributed by atoms with Crippen LogP contribution < -0.4 is 5.32 Å². The van der Waals surface area contributed by atoms with Crippen LogP contribution in [0.4, 0.5) is 0 Å². The maximum atomic E-state index is 12.6. The largest absolute Gasteiger partial charge is 0.416 e. The summed E-state index contributed by atoms with van der Waals surface area (Å²) in [6, 6.07) is 14.5. The molecule has 162 valence electrons. The molecule has 1 saturated heterocycles. The number of hydrogen-bond acceptors (Lipinski definition) is 6. The molecule has 1 aromatic heterocycles. The molecule has 0 saturated carbocycles. The molecule has 8 nitrogen and oxygen atoms in total. The normalized spacial score (nSPS) is 17.4. The third-order valence-corrected chi connectivity index (χ3v) is 6.54. The molecule has 0 radical (unpaired) electrons. The average Bonchev–Trinajstić information content (AvgIpc) is 3.24. The van der Waals surface area contributed by atoms with Gasteiger partial charge in [0.1, 0.15) is 0 Å². The van der Waals surface area contributed by atoms with Crippen molar-refractivity contribution in [3.8, 4) is 22.9 Å². The molecule has 4 rings (SSSR count). The number of nitrogens with zero attached hydrogens (tertiary/aromatic N) is 3. The highest BCUT2D eigenvalue weighted by atomic mass is 32.2. The topological polar surface area (TPSA) is 105 Å². The maximum Gasteiger partial charge on any atom is 0.251 e. The lowest BCUT2D eigenvalue weighted by Gasteiger charge is -2.31. The molecule has 0 aliphatic carbocycles. The Balaban J connectivity index is 1.43. The summed E-state index contributed by atoms with van der Waals surface area (Å²) in [6.45, 7) is 2.79. The Morgan fingerprint density at radius 2 is 1.81 bits per heavy atom. The zero-order valence-electron chi connectivity index (χ0n) is 17.4. The van der Waals surface area contributed by atoms with Gasteiger partial charge in [0.15, 0.2) is 0 Å². The first kappa shape index (κ1) is 21.2. The molecule has 2 heterocycles. The van der Waals surface area contributed by atoms with Gasteiger partial charge in [-0.2, -0.15) is 0 Å². The molecule has 1 unspecified atom stereocenters. The van der Waals surface area contributed by atoms with E-state index in [0.29, 0.717) is 36.0 Å². The van der Waals surface area contributed by atoms with Crippen molar-refractivity contribution in [3.05, 3.63) is 59.7 Å². The van der Waals surface area contributed by atoms with E-state index in [4.69, 9.17) is 4.42 Å². The van der Waals surface area contributed by atoms with Crippen molar-refractivity contribution in [1.82, 2.24) is 19.8 Å². The molecular formula is C22H24N4O4S. The monoisotopic (exact) mass is 440 g/mol. The smallest absolute Gasteiger partial charge is 0.251 e. The van der Waals surface area contributed by atoms with Crippen LogP contribution in [0.1, 0.15) is 28.8 Å². The van der Waals surface area contributed by atoms with E-state index in [1.807, 2.05) is 31.2 Å². The van der Waals surface area contributed by atoms with Gasteiger partial charge in [0.25, 0.3) is 5.91 Å². The van der Waals surface area contributed by atoms with Crippen molar-refractivity contribution in [1.29, 1.82) is 0 Å². The van der Waals surface area contributed by atoms with Gasteiger partial charge in [-0.1, -0.05) is 17.7 Å². The van der Waals surface area contributed by atoms with Gasteiger partial charge in [0.2, 0.25) is 21.8 Å². The van der Waals surface area contributed by atoms with E-state index >= 15 is 0 Å². The molecule has 3 aromatic rings. The van der Waals surface area contributed by atoms with Crippen LogP contribution in [0.5, 0.6) is 0 Å². The molecule has 1 amide bonds. The van der Waals surface area contributed by atoms with Gasteiger partial charge in [0.05, 0.1) is 6.26 Å². The van der Waals surface area contributed by atoms with E-state index in [-0.39, 0.29) is 11.9 Å². The van der Waals surface area contributed by atoms with Gasteiger partial charge in [0, 0.05) is 35.8 Å². The third kappa shape index (κ3) is 5.00. The highest BCUT2D eigenvalue weighted by Crippen LogP contribution is 2.24. The van der Waals surface area contributed by atoms with Crippen LogP contribution in [0, 0.1) is 6.92 Å². The Morgan fingerprint density at radius 3 is 2.48 bits per heavy atom. The number of sulfonamides is 1. The standard InChI is InChI=1S/C22H24N4O4S/c1-15-5-3-6-18(13-15)22-25-24-21(30-22)17-10-8-16(9-11-17)20(27)23-19-7-4-12-26(14-19)31(2,28)29/h3,5-6,8-11,13,19H,4,7,12,14H2,1-2H3,(H,23,27). The summed E-state index contributed by atoms with van der Waals surface area (Å²) in [7, 11) is -3.26. The van der Waals surface area contributed by atoms with E-state index < -0.39 is 10.0 Å². The van der Waals surface area contributed by atoms with Gasteiger partial charge in [-0.3, -0.25) is 4.79 Å². The van der Waals surface area contributed by atoms with E-state index in [1.54, 1.807) is 24.3 Å². The number of benzene rings is 2. The Bertz CT molecular complexity index is 1190. The number of hydrogen-bond donors (Lipinski definition) is 1. The number of amides is 1. The lowest BCUT2D eigenvalue weighted by molar-refractivity contribution is 0.0921. The highest BCUT2D eigenvalue weighted by Gasteiger charge is 2.27. The van der Waals surface area contributed by atoms with Crippen LogP contribution in [0.3, 0.4) is 0 Å². The first-order valence-electron chi connectivity index (χ1n) is 10.1. The first-order valence-corrected chi connectivity index (χ1v) is 11.9. The summed E-state index contributed by atoms with van der Waals surface area (Å²) >= 11 is 0. The molecule has 1 fully saturated rings. The number of nitrogens with one attached hydrogen (secondary N) is 1. The Labute approximate surface area is 181 Å². The van der Waals surface area contributed by atoms with Crippen LogP contribution in [0.25, 0.3) is 22.9 Å². The predicted molar refractivity (Wildman–Crippen MR) is 117 cm³/mol. The fourth-order valence-electron chi connectivity index (χ4n) is 3.63. The van der Waals surface area contributed by atoms with Gasteiger partial charge in [-0.15, -0.1) is 10.2 Å². The van der Waals surface area contributed by atoms with Crippen molar-refractivity contribution in [3.63, 3.8) is 0 Å². The fraction of sp³-hybridized carbons (Fsp3) is 0.318. The molecular weight excluding hydrogens is 416 g/mol. The molecule has 31 heavy (non-hydrogen) atoms. The van der Waals surface area contributed by atoms with Crippen LogP contribution in [-0.4, -0.2) is 54.2 Å². The van der Waals surface area contributed by atoms with Crippen LogP contribution in [-0.2, 0) is 10.0 Å². The predicted octanol–water partition coefficient (Wildman–Crippen LogP) is 2.87. The van der Waals surface area contributed by atoms with E-state index in [9.17, 15) is 13.2 Å². The zero-order chi connectivity index (χ0) is 22.0. The van der Waals surface area contributed by atoms with Crippen LogP contribution in [0.15, 0.2) is 52.9 Å². The van der Waals surface area contributed by atoms with E-state index in [2.05, 4.69) is 15.5 Å². The lowest BCUT2D eigenvalue weighted by atomic mass is 10.1. The molecule has 1 aliphatic rings. The summed E-state index contributed by atoms with van der Waals surface area (Å²) < 4.78 is 30.7. The van der Waals surface area contributed by atoms with Gasteiger partial charge in [-0.25, -0.2) is 12.7 Å². The lowest BCUT2D eigenvalue weighted by Crippen LogP contribution is -2.49. The van der Waals surface area contributed by atoms with Crippen molar-refractivity contribution in [2.75, 3.05) is 19.3 Å². The molecule has 2 aromatic carbocycles. The quantitative estimate of drug-likeness (QED) is 0.654. The average molecular weight is 441 g/mol. The molecule has 1 N–H and O–H groups in total. The minimum atomic E-state index is -3.26. The van der Waals surface area contributed by atoms with E-state index in [1.165, 1.54) is 10.6 Å². The summed E-state index contributed by atoms with van der Waals surface area (Å²) in [5, 5.41) is 11.2. The molecule has 9 heteroatoms. The zero-order valence-corrected chi connectivity index (χ0v) is 18.2. The molecule has 0 spiro atoms. The van der Waals surface area contributed by atoms with Gasteiger partial charge < -0.3 is 9.73 Å². The minimum Gasteiger partial charge on any atom is -0.416 e. The fourth-order valence-corrected chi connectivity index (χ4v) is 4.54. The molecule has 0 bridgehead atoms.